The van der Waals surface area contributed by atoms with Gasteiger partial charge in [0.15, 0.2) is 0 Å². The van der Waals surface area contributed by atoms with Gasteiger partial charge in [-0.2, -0.15) is 0 Å². The Labute approximate surface area is 94.2 Å². The summed E-state index contributed by atoms with van der Waals surface area (Å²) in [5.74, 6) is 0. The predicted molar refractivity (Wildman–Crippen MR) is 64.0 cm³/mol. The van der Waals surface area contributed by atoms with Crippen molar-refractivity contribution in [1.29, 1.82) is 0 Å². The Morgan fingerprint density at radius 3 is 2.67 bits per heavy atom. The summed E-state index contributed by atoms with van der Waals surface area (Å²) in [7, 11) is 0. The summed E-state index contributed by atoms with van der Waals surface area (Å²) in [6.07, 6.45) is 2.32. The first-order valence-electron chi connectivity index (χ1n) is 6.16. The van der Waals surface area contributed by atoms with Gasteiger partial charge < -0.3 is 10.1 Å². The first-order valence-corrected chi connectivity index (χ1v) is 6.16. The van der Waals surface area contributed by atoms with Crippen molar-refractivity contribution in [1.82, 2.24) is 10.2 Å². The maximum atomic E-state index is 5.95. The molecule has 0 saturated carbocycles. The molecule has 3 heteroatoms. The molecule has 0 aromatic rings. The van der Waals surface area contributed by atoms with Gasteiger partial charge in [0, 0.05) is 19.1 Å². The van der Waals surface area contributed by atoms with E-state index in [-0.39, 0.29) is 5.60 Å². The van der Waals surface area contributed by atoms with Gasteiger partial charge in [0.05, 0.1) is 5.60 Å². The summed E-state index contributed by atoms with van der Waals surface area (Å²) in [5, 5.41) is 3.45. The zero-order chi connectivity index (χ0) is 11.3. The number of nitrogens with zero attached hydrogens (tertiary/aromatic N) is 1. The summed E-state index contributed by atoms with van der Waals surface area (Å²) in [5.41, 5.74) is 0.0422. The van der Waals surface area contributed by atoms with Gasteiger partial charge >= 0.3 is 0 Å². The third-order valence-corrected chi connectivity index (χ3v) is 3.16. The lowest BCUT2D eigenvalue weighted by atomic mass is 10.00. The van der Waals surface area contributed by atoms with Crippen molar-refractivity contribution in [3.8, 4) is 0 Å². The zero-order valence-electron chi connectivity index (χ0n) is 10.7. The van der Waals surface area contributed by atoms with Crippen LogP contribution < -0.4 is 5.32 Å². The fourth-order valence-corrected chi connectivity index (χ4v) is 1.83. The Bertz CT molecular complexity index is 174. The molecule has 1 aliphatic rings. The number of hydrogen-bond acceptors (Lipinski definition) is 3. The Kier molecular flexibility index (Phi) is 5.03. The molecule has 1 atom stereocenters. The van der Waals surface area contributed by atoms with Crippen LogP contribution in [0.15, 0.2) is 0 Å². The molecule has 1 heterocycles. The monoisotopic (exact) mass is 214 g/mol. The van der Waals surface area contributed by atoms with Crippen LogP contribution in [0.4, 0.5) is 0 Å². The van der Waals surface area contributed by atoms with E-state index in [0.29, 0.717) is 6.04 Å². The minimum atomic E-state index is 0.0422. The van der Waals surface area contributed by atoms with Crippen molar-refractivity contribution in [2.24, 2.45) is 0 Å². The molecule has 1 saturated heterocycles. The third kappa shape index (κ3) is 4.09. The van der Waals surface area contributed by atoms with Gasteiger partial charge in [-0.1, -0.05) is 6.92 Å². The van der Waals surface area contributed by atoms with E-state index in [2.05, 4.69) is 37.9 Å². The molecule has 15 heavy (non-hydrogen) atoms. The van der Waals surface area contributed by atoms with Crippen molar-refractivity contribution in [3.05, 3.63) is 0 Å². The second kappa shape index (κ2) is 5.83. The average Bonchev–Trinajstić information content (AvgIpc) is 2.18. The van der Waals surface area contributed by atoms with Crippen molar-refractivity contribution in [2.75, 3.05) is 26.4 Å². The fourth-order valence-electron chi connectivity index (χ4n) is 1.83. The van der Waals surface area contributed by atoms with Gasteiger partial charge in [0.25, 0.3) is 0 Å². The van der Waals surface area contributed by atoms with E-state index in [9.17, 15) is 0 Å². The van der Waals surface area contributed by atoms with E-state index in [4.69, 9.17) is 4.74 Å². The van der Waals surface area contributed by atoms with Gasteiger partial charge in [-0.25, -0.2) is 0 Å². The molecule has 1 fully saturated rings. The molecule has 1 unspecified atom stereocenters. The Morgan fingerprint density at radius 2 is 2.20 bits per heavy atom. The van der Waals surface area contributed by atoms with Gasteiger partial charge in [0.2, 0.25) is 0 Å². The number of rotatable bonds is 5. The highest BCUT2D eigenvalue weighted by molar-refractivity contribution is 4.83. The van der Waals surface area contributed by atoms with Crippen LogP contribution in [-0.2, 0) is 4.74 Å². The molecule has 0 spiro atoms. The van der Waals surface area contributed by atoms with Gasteiger partial charge in [-0.05, 0) is 40.2 Å². The van der Waals surface area contributed by atoms with Gasteiger partial charge in [-0.3, -0.25) is 4.90 Å². The molecule has 1 aliphatic heterocycles. The lowest BCUT2D eigenvalue weighted by Crippen LogP contribution is -2.51. The first kappa shape index (κ1) is 12.9. The summed E-state index contributed by atoms with van der Waals surface area (Å²) in [4.78, 5) is 2.38. The van der Waals surface area contributed by atoms with Crippen LogP contribution in [0.25, 0.3) is 0 Å². The average molecular weight is 214 g/mol. The maximum Gasteiger partial charge on any atom is 0.100 e. The topological polar surface area (TPSA) is 24.5 Å². The van der Waals surface area contributed by atoms with Crippen LogP contribution in [0.5, 0.6) is 0 Å². The zero-order valence-corrected chi connectivity index (χ0v) is 10.7. The molecule has 0 aliphatic carbocycles. The molecule has 0 amide bonds. The largest absolute Gasteiger partial charge is 0.359 e. The maximum absolute atomic E-state index is 5.95. The van der Waals surface area contributed by atoms with Crippen molar-refractivity contribution in [2.45, 2.75) is 52.2 Å². The van der Waals surface area contributed by atoms with Crippen LogP contribution in [-0.4, -0.2) is 42.9 Å². The highest BCUT2D eigenvalue weighted by atomic mass is 16.5. The lowest BCUT2D eigenvalue weighted by molar-refractivity contribution is -0.134. The summed E-state index contributed by atoms with van der Waals surface area (Å²) in [6, 6.07) is 0.596. The molecule has 0 aromatic heterocycles. The van der Waals surface area contributed by atoms with Crippen LogP contribution in [0.3, 0.4) is 0 Å². The van der Waals surface area contributed by atoms with E-state index in [1.165, 1.54) is 6.42 Å². The SMILES string of the molecule is CCCNCC1(C)CCN(C(C)C)CO1. The Morgan fingerprint density at radius 1 is 1.47 bits per heavy atom. The molecule has 3 nitrogen and oxygen atoms in total. The van der Waals surface area contributed by atoms with E-state index < -0.39 is 0 Å². The van der Waals surface area contributed by atoms with E-state index in [1.54, 1.807) is 0 Å². The third-order valence-electron chi connectivity index (χ3n) is 3.16. The number of ether oxygens (including phenoxy) is 1. The molecule has 0 aromatic carbocycles. The second-order valence-corrected chi connectivity index (χ2v) is 5.06. The highest BCUT2D eigenvalue weighted by Gasteiger charge is 2.31. The summed E-state index contributed by atoms with van der Waals surface area (Å²) < 4.78 is 5.95. The number of hydrogen-bond donors (Lipinski definition) is 1. The first-order chi connectivity index (χ1) is 7.07. The summed E-state index contributed by atoms with van der Waals surface area (Å²) in [6.45, 7) is 12.9. The van der Waals surface area contributed by atoms with Crippen LogP contribution in [0.1, 0.15) is 40.5 Å². The normalized spacial score (nSPS) is 28.6. The van der Waals surface area contributed by atoms with Crippen LogP contribution >= 0.6 is 0 Å². The van der Waals surface area contributed by atoms with Crippen LogP contribution in [0, 0.1) is 0 Å². The molecule has 0 radical (unpaired) electrons. The van der Waals surface area contributed by atoms with E-state index in [0.717, 1.165) is 32.8 Å². The number of nitrogens with one attached hydrogen (secondary N) is 1. The highest BCUT2D eigenvalue weighted by Crippen LogP contribution is 2.21. The van der Waals surface area contributed by atoms with Crippen molar-refractivity contribution in [3.63, 3.8) is 0 Å². The standard InChI is InChI=1S/C12H26N2O/c1-5-7-13-9-12(4)6-8-14(10-15-12)11(2)3/h11,13H,5-10H2,1-4H3. The smallest absolute Gasteiger partial charge is 0.100 e. The fraction of sp³-hybridized carbons (Fsp3) is 1.00. The second-order valence-electron chi connectivity index (χ2n) is 5.06. The van der Waals surface area contributed by atoms with E-state index >= 15 is 0 Å². The van der Waals surface area contributed by atoms with Crippen molar-refractivity contribution < 1.29 is 4.74 Å². The summed E-state index contributed by atoms with van der Waals surface area (Å²) >= 11 is 0. The van der Waals surface area contributed by atoms with Gasteiger partial charge in [-0.15, -0.1) is 0 Å². The molecular formula is C12H26N2O. The van der Waals surface area contributed by atoms with E-state index in [1.807, 2.05) is 0 Å². The quantitative estimate of drug-likeness (QED) is 0.707. The predicted octanol–water partition coefficient (Wildman–Crippen LogP) is 1.83. The molecule has 1 N–H and O–H groups in total. The lowest BCUT2D eigenvalue weighted by Gasteiger charge is -2.41. The van der Waals surface area contributed by atoms with Crippen molar-refractivity contribution >= 4 is 0 Å². The molecular weight excluding hydrogens is 188 g/mol. The van der Waals surface area contributed by atoms with Gasteiger partial charge in [0.1, 0.15) is 6.73 Å². The molecule has 1 rings (SSSR count). The van der Waals surface area contributed by atoms with Crippen LogP contribution in [0.2, 0.25) is 0 Å². The Hall–Kier alpha value is -0.120. The molecule has 0 bridgehead atoms. The minimum Gasteiger partial charge on any atom is -0.359 e. The minimum absolute atomic E-state index is 0.0422. The molecule has 90 valence electrons. The Balaban J connectivity index is 2.27.